The lowest BCUT2D eigenvalue weighted by Gasteiger charge is -2.14. The third-order valence-electron chi connectivity index (χ3n) is 4.95. The zero-order valence-electron chi connectivity index (χ0n) is 18.9. The Labute approximate surface area is 198 Å². The topological polar surface area (TPSA) is 100 Å². The summed E-state index contributed by atoms with van der Waals surface area (Å²) in [6.07, 6.45) is 1.48. The fourth-order valence-electron chi connectivity index (χ4n) is 3.11. The predicted octanol–water partition coefficient (Wildman–Crippen LogP) is 4.50. The number of nitrogens with one attached hydrogen (secondary N) is 2. The molecule has 0 radical (unpaired) electrons. The van der Waals surface area contributed by atoms with Crippen LogP contribution >= 0.6 is 0 Å². The van der Waals surface area contributed by atoms with Crippen LogP contribution in [0.1, 0.15) is 24.1 Å². The number of hydrogen-bond donors (Lipinski definition) is 2. The van der Waals surface area contributed by atoms with Crippen molar-refractivity contribution < 1.29 is 19.1 Å². The van der Waals surface area contributed by atoms with E-state index in [2.05, 4.69) is 10.6 Å². The normalized spacial score (nSPS) is 11.6. The molecule has 0 saturated carbocycles. The highest BCUT2D eigenvalue weighted by Crippen LogP contribution is 2.18. The van der Waals surface area contributed by atoms with Crippen molar-refractivity contribution in [3.8, 4) is 17.6 Å². The maximum Gasteiger partial charge on any atom is 0.266 e. The first-order valence-electron chi connectivity index (χ1n) is 10.6. The molecular weight excluding hydrogens is 430 g/mol. The standard InChI is InChI=1S/C27H25N3O4/c1-19(21-6-4-3-5-7-21)29-26(31)18-34-25-12-8-20(9-13-25)16-22(17-28)27(32)30-23-10-14-24(33-2)15-11-23/h3-16,19H,18H2,1-2H3,(H,29,31)(H,30,32)/b22-16+/t19-/m1/s1. The fraction of sp³-hybridized carbons (Fsp3) is 0.148. The number of carbonyl (C=O) groups is 2. The molecule has 7 nitrogen and oxygen atoms in total. The largest absolute Gasteiger partial charge is 0.497 e. The number of carbonyl (C=O) groups excluding carboxylic acids is 2. The van der Waals surface area contributed by atoms with Gasteiger partial charge in [0.05, 0.1) is 13.2 Å². The number of benzene rings is 3. The van der Waals surface area contributed by atoms with E-state index in [1.165, 1.54) is 6.08 Å². The van der Waals surface area contributed by atoms with Crippen LogP contribution in [0.3, 0.4) is 0 Å². The van der Waals surface area contributed by atoms with Crippen molar-refractivity contribution in [2.24, 2.45) is 0 Å². The monoisotopic (exact) mass is 455 g/mol. The van der Waals surface area contributed by atoms with Gasteiger partial charge in [-0.15, -0.1) is 0 Å². The number of nitriles is 1. The minimum atomic E-state index is -0.516. The quantitative estimate of drug-likeness (QED) is 0.366. The van der Waals surface area contributed by atoms with Crippen LogP contribution in [0, 0.1) is 11.3 Å². The summed E-state index contributed by atoms with van der Waals surface area (Å²) in [7, 11) is 1.56. The number of amides is 2. The average molecular weight is 456 g/mol. The fourth-order valence-corrected chi connectivity index (χ4v) is 3.11. The molecule has 3 rings (SSSR count). The van der Waals surface area contributed by atoms with Gasteiger partial charge in [0, 0.05) is 5.69 Å². The molecule has 0 heterocycles. The van der Waals surface area contributed by atoms with Crippen molar-refractivity contribution >= 4 is 23.6 Å². The van der Waals surface area contributed by atoms with Gasteiger partial charge in [-0.05, 0) is 60.5 Å². The maximum absolute atomic E-state index is 12.4. The molecule has 0 aromatic heterocycles. The molecule has 0 fully saturated rings. The highest BCUT2D eigenvalue weighted by atomic mass is 16.5. The summed E-state index contributed by atoms with van der Waals surface area (Å²) in [4.78, 5) is 24.6. The molecule has 34 heavy (non-hydrogen) atoms. The van der Waals surface area contributed by atoms with Crippen molar-refractivity contribution in [1.29, 1.82) is 5.26 Å². The molecule has 172 valence electrons. The second-order valence-electron chi connectivity index (χ2n) is 7.41. The first kappa shape index (κ1) is 24.1. The lowest BCUT2D eigenvalue weighted by atomic mass is 10.1. The molecule has 7 heteroatoms. The summed E-state index contributed by atoms with van der Waals surface area (Å²) in [6, 6.07) is 25.0. The first-order chi connectivity index (χ1) is 16.5. The summed E-state index contributed by atoms with van der Waals surface area (Å²) in [5.74, 6) is 0.417. The van der Waals surface area contributed by atoms with E-state index in [-0.39, 0.29) is 24.1 Å². The third-order valence-corrected chi connectivity index (χ3v) is 4.95. The van der Waals surface area contributed by atoms with Crippen LogP contribution in [0.4, 0.5) is 5.69 Å². The van der Waals surface area contributed by atoms with Crippen LogP contribution in [0.2, 0.25) is 0 Å². The van der Waals surface area contributed by atoms with E-state index in [1.807, 2.05) is 43.3 Å². The zero-order chi connectivity index (χ0) is 24.3. The Balaban J connectivity index is 1.54. The SMILES string of the molecule is COc1ccc(NC(=O)/C(C#N)=C/c2ccc(OCC(=O)N[C@H](C)c3ccccc3)cc2)cc1. The van der Waals surface area contributed by atoms with Crippen LogP contribution in [0.25, 0.3) is 6.08 Å². The zero-order valence-corrected chi connectivity index (χ0v) is 18.9. The summed E-state index contributed by atoms with van der Waals surface area (Å²) in [6.45, 7) is 1.78. The maximum atomic E-state index is 12.4. The van der Waals surface area contributed by atoms with Gasteiger partial charge in [0.25, 0.3) is 11.8 Å². The number of rotatable bonds is 9. The summed E-state index contributed by atoms with van der Waals surface area (Å²) < 4.78 is 10.6. The van der Waals surface area contributed by atoms with Gasteiger partial charge in [-0.1, -0.05) is 42.5 Å². The minimum Gasteiger partial charge on any atom is -0.497 e. The van der Waals surface area contributed by atoms with E-state index in [4.69, 9.17) is 9.47 Å². The van der Waals surface area contributed by atoms with Crippen molar-refractivity contribution in [3.63, 3.8) is 0 Å². The van der Waals surface area contributed by atoms with E-state index in [9.17, 15) is 14.9 Å². The molecule has 0 bridgehead atoms. The van der Waals surface area contributed by atoms with Crippen LogP contribution < -0.4 is 20.1 Å². The van der Waals surface area contributed by atoms with Gasteiger partial charge in [0.15, 0.2) is 6.61 Å². The average Bonchev–Trinajstić information content (AvgIpc) is 2.87. The highest BCUT2D eigenvalue weighted by molar-refractivity contribution is 6.09. The Morgan fingerprint density at radius 2 is 1.62 bits per heavy atom. The van der Waals surface area contributed by atoms with Crippen LogP contribution in [-0.2, 0) is 9.59 Å². The molecule has 0 aliphatic rings. The lowest BCUT2D eigenvalue weighted by Crippen LogP contribution is -2.31. The van der Waals surface area contributed by atoms with Gasteiger partial charge in [0.1, 0.15) is 23.1 Å². The second kappa shape index (κ2) is 11.9. The number of methoxy groups -OCH3 is 1. The molecule has 0 unspecified atom stereocenters. The molecule has 1 atom stereocenters. The summed E-state index contributed by atoms with van der Waals surface area (Å²) in [5, 5.41) is 15.0. The number of ether oxygens (including phenoxy) is 2. The van der Waals surface area contributed by atoms with Crippen LogP contribution in [-0.4, -0.2) is 25.5 Å². The first-order valence-corrected chi connectivity index (χ1v) is 10.6. The Hall–Kier alpha value is -4.57. The summed E-state index contributed by atoms with van der Waals surface area (Å²) in [5.41, 5.74) is 2.17. The third kappa shape index (κ3) is 6.97. The van der Waals surface area contributed by atoms with Gasteiger partial charge < -0.3 is 20.1 Å². The molecule has 2 N–H and O–H groups in total. The Bertz CT molecular complexity index is 1180. The Kier molecular flexibility index (Phi) is 8.42. The Morgan fingerprint density at radius 1 is 0.971 bits per heavy atom. The molecule has 2 amide bonds. The van der Waals surface area contributed by atoms with E-state index in [0.29, 0.717) is 22.7 Å². The minimum absolute atomic E-state index is 0.0428. The number of anilines is 1. The number of hydrogen-bond acceptors (Lipinski definition) is 5. The van der Waals surface area contributed by atoms with Gasteiger partial charge in [-0.25, -0.2) is 0 Å². The van der Waals surface area contributed by atoms with Gasteiger partial charge >= 0.3 is 0 Å². The van der Waals surface area contributed by atoms with Crippen molar-refractivity contribution in [2.45, 2.75) is 13.0 Å². The Morgan fingerprint density at radius 3 is 2.24 bits per heavy atom. The molecule has 3 aromatic carbocycles. The van der Waals surface area contributed by atoms with Crippen molar-refractivity contribution in [1.82, 2.24) is 5.32 Å². The van der Waals surface area contributed by atoms with E-state index in [0.717, 1.165) is 5.56 Å². The van der Waals surface area contributed by atoms with Crippen LogP contribution in [0.5, 0.6) is 11.5 Å². The highest BCUT2D eigenvalue weighted by Gasteiger charge is 2.11. The molecule has 0 saturated heterocycles. The molecule has 0 aliphatic heterocycles. The van der Waals surface area contributed by atoms with Gasteiger partial charge in [-0.3, -0.25) is 9.59 Å². The second-order valence-corrected chi connectivity index (χ2v) is 7.41. The van der Waals surface area contributed by atoms with E-state index >= 15 is 0 Å². The van der Waals surface area contributed by atoms with E-state index in [1.54, 1.807) is 55.6 Å². The molecule has 0 aliphatic carbocycles. The molecule has 3 aromatic rings. The van der Waals surface area contributed by atoms with Crippen molar-refractivity contribution in [2.75, 3.05) is 19.0 Å². The van der Waals surface area contributed by atoms with E-state index < -0.39 is 5.91 Å². The molecule has 0 spiro atoms. The van der Waals surface area contributed by atoms with Gasteiger partial charge in [-0.2, -0.15) is 5.26 Å². The van der Waals surface area contributed by atoms with Crippen molar-refractivity contribution in [3.05, 3.63) is 95.6 Å². The predicted molar refractivity (Wildman–Crippen MR) is 130 cm³/mol. The smallest absolute Gasteiger partial charge is 0.266 e. The van der Waals surface area contributed by atoms with Gasteiger partial charge in [0.2, 0.25) is 0 Å². The lowest BCUT2D eigenvalue weighted by molar-refractivity contribution is -0.123. The molecular formula is C27H25N3O4. The van der Waals surface area contributed by atoms with Crippen LogP contribution in [0.15, 0.2) is 84.4 Å². The number of nitrogens with zero attached hydrogens (tertiary/aromatic N) is 1. The summed E-state index contributed by atoms with van der Waals surface area (Å²) >= 11 is 0.